The molecule has 0 aliphatic carbocycles. The molecule has 1 aromatic carbocycles. The van der Waals surface area contributed by atoms with Crippen molar-refractivity contribution >= 4 is 29.1 Å². The molecule has 0 spiro atoms. The Morgan fingerprint density at radius 1 is 1.37 bits per heavy atom. The molecular weight excluding hydrogens is 280 g/mol. The molecule has 1 aromatic rings. The van der Waals surface area contributed by atoms with Crippen LogP contribution in [0.5, 0.6) is 0 Å². The van der Waals surface area contributed by atoms with E-state index in [2.05, 4.69) is 28.4 Å². The summed E-state index contributed by atoms with van der Waals surface area (Å²) in [6, 6.07) is 6.37. The number of halogens is 1. The van der Waals surface area contributed by atoms with Gasteiger partial charge in [-0.05, 0) is 17.7 Å². The quantitative estimate of drug-likeness (QED) is 0.816. The third kappa shape index (κ3) is 4.56. The fraction of sp³-hybridized carbons (Fsp3) is 0.571. The highest BCUT2D eigenvalue weighted by atomic mass is 35.5. The largest absolute Gasteiger partial charge is 0.383 e. The van der Waals surface area contributed by atoms with Gasteiger partial charge in [-0.3, -0.25) is 0 Å². The summed E-state index contributed by atoms with van der Waals surface area (Å²) in [7, 11) is 1.71. The second kappa shape index (κ2) is 8.00. The molecule has 0 unspecified atom stereocenters. The summed E-state index contributed by atoms with van der Waals surface area (Å²) in [6.45, 7) is 4.61. The van der Waals surface area contributed by atoms with Gasteiger partial charge in [0.15, 0.2) is 0 Å². The summed E-state index contributed by atoms with van der Waals surface area (Å²) >= 11 is 8.41. The zero-order chi connectivity index (χ0) is 13.5. The van der Waals surface area contributed by atoms with E-state index in [9.17, 15) is 0 Å². The molecule has 0 saturated carbocycles. The molecule has 3 nitrogen and oxygen atoms in total. The van der Waals surface area contributed by atoms with Gasteiger partial charge in [0.05, 0.1) is 17.3 Å². The van der Waals surface area contributed by atoms with Crippen molar-refractivity contribution < 1.29 is 4.74 Å². The maximum absolute atomic E-state index is 6.40. The maximum Gasteiger partial charge on any atom is 0.0642 e. The number of hydrogen-bond donors (Lipinski definition) is 1. The smallest absolute Gasteiger partial charge is 0.0642 e. The van der Waals surface area contributed by atoms with E-state index in [4.69, 9.17) is 16.3 Å². The molecule has 5 heteroatoms. The highest BCUT2D eigenvalue weighted by Gasteiger charge is 2.14. The maximum atomic E-state index is 6.40. The van der Waals surface area contributed by atoms with E-state index >= 15 is 0 Å². The predicted octanol–water partition coefficient (Wildman–Crippen LogP) is 2.63. The van der Waals surface area contributed by atoms with Crippen LogP contribution in [-0.4, -0.2) is 44.9 Å². The minimum absolute atomic E-state index is 0.733. The van der Waals surface area contributed by atoms with Gasteiger partial charge in [0, 0.05) is 44.8 Å². The lowest BCUT2D eigenvalue weighted by Gasteiger charge is -2.29. The van der Waals surface area contributed by atoms with Crippen molar-refractivity contribution in [3.05, 3.63) is 28.8 Å². The van der Waals surface area contributed by atoms with Crippen molar-refractivity contribution in [2.45, 2.75) is 6.54 Å². The van der Waals surface area contributed by atoms with Crippen LogP contribution < -0.4 is 10.2 Å². The highest BCUT2D eigenvalue weighted by molar-refractivity contribution is 7.99. The van der Waals surface area contributed by atoms with Crippen LogP contribution in [-0.2, 0) is 11.3 Å². The fourth-order valence-corrected chi connectivity index (χ4v) is 3.35. The molecule has 0 amide bonds. The standard InChI is InChI=1S/C14H21ClN2OS/c1-18-7-4-16-11-12-2-3-14(13(15)10-12)17-5-8-19-9-6-17/h2-3,10,16H,4-9,11H2,1H3. The van der Waals surface area contributed by atoms with Crippen LogP contribution in [0.1, 0.15) is 5.56 Å². The van der Waals surface area contributed by atoms with Gasteiger partial charge in [-0.25, -0.2) is 0 Å². The number of ether oxygens (including phenoxy) is 1. The van der Waals surface area contributed by atoms with Crippen LogP contribution in [0.4, 0.5) is 5.69 Å². The molecule has 1 aliphatic heterocycles. The SMILES string of the molecule is COCCNCc1ccc(N2CCSCC2)c(Cl)c1. The van der Waals surface area contributed by atoms with Crippen LogP contribution in [0.15, 0.2) is 18.2 Å². The zero-order valence-electron chi connectivity index (χ0n) is 11.3. The van der Waals surface area contributed by atoms with E-state index in [1.165, 1.54) is 22.8 Å². The fourth-order valence-electron chi connectivity index (χ4n) is 2.13. The average Bonchev–Trinajstić information content (AvgIpc) is 2.45. The number of thioether (sulfide) groups is 1. The molecule has 1 heterocycles. The molecule has 1 N–H and O–H groups in total. The molecule has 1 aliphatic rings. The molecule has 0 radical (unpaired) electrons. The Bertz CT molecular complexity index is 397. The van der Waals surface area contributed by atoms with Gasteiger partial charge in [-0.15, -0.1) is 0 Å². The van der Waals surface area contributed by atoms with Crippen molar-refractivity contribution in [1.29, 1.82) is 0 Å². The lowest BCUT2D eigenvalue weighted by Crippen LogP contribution is -2.32. The van der Waals surface area contributed by atoms with E-state index < -0.39 is 0 Å². The summed E-state index contributed by atoms with van der Waals surface area (Å²) in [6.07, 6.45) is 0. The molecular formula is C14H21ClN2OS. The Kier molecular flexibility index (Phi) is 6.31. The second-order valence-electron chi connectivity index (χ2n) is 4.55. The highest BCUT2D eigenvalue weighted by Crippen LogP contribution is 2.28. The van der Waals surface area contributed by atoms with Crippen LogP contribution >= 0.6 is 23.4 Å². The summed E-state index contributed by atoms with van der Waals surface area (Å²) < 4.78 is 5.00. The first-order valence-electron chi connectivity index (χ1n) is 6.62. The summed E-state index contributed by atoms with van der Waals surface area (Å²) in [5.41, 5.74) is 2.39. The van der Waals surface area contributed by atoms with Crippen LogP contribution in [0.3, 0.4) is 0 Å². The van der Waals surface area contributed by atoms with E-state index in [1.54, 1.807) is 7.11 Å². The number of hydrogen-bond acceptors (Lipinski definition) is 4. The molecule has 1 fully saturated rings. The Morgan fingerprint density at radius 2 is 2.16 bits per heavy atom. The second-order valence-corrected chi connectivity index (χ2v) is 6.19. The molecule has 0 aromatic heterocycles. The number of methoxy groups -OCH3 is 1. The van der Waals surface area contributed by atoms with Crippen LogP contribution in [0.2, 0.25) is 5.02 Å². The number of anilines is 1. The number of nitrogens with one attached hydrogen (secondary N) is 1. The molecule has 0 atom stereocenters. The first kappa shape index (κ1) is 15.0. The van der Waals surface area contributed by atoms with Crippen LogP contribution in [0, 0.1) is 0 Å². The monoisotopic (exact) mass is 300 g/mol. The van der Waals surface area contributed by atoms with Crippen molar-refractivity contribution in [2.24, 2.45) is 0 Å². The van der Waals surface area contributed by atoms with Gasteiger partial charge in [0.1, 0.15) is 0 Å². The Hall–Kier alpha value is -0.420. The van der Waals surface area contributed by atoms with Gasteiger partial charge in [-0.2, -0.15) is 11.8 Å². The van der Waals surface area contributed by atoms with E-state index in [-0.39, 0.29) is 0 Å². The molecule has 0 bridgehead atoms. The van der Waals surface area contributed by atoms with Crippen LogP contribution in [0.25, 0.3) is 0 Å². The third-order valence-corrected chi connectivity index (χ3v) is 4.42. The first-order valence-corrected chi connectivity index (χ1v) is 8.15. The van der Waals surface area contributed by atoms with Gasteiger partial charge < -0.3 is 15.0 Å². The molecule has 106 valence electrons. The average molecular weight is 301 g/mol. The lowest BCUT2D eigenvalue weighted by molar-refractivity contribution is 0.199. The Labute approximate surface area is 124 Å². The Morgan fingerprint density at radius 3 is 2.84 bits per heavy atom. The molecule has 2 rings (SSSR count). The molecule has 19 heavy (non-hydrogen) atoms. The normalized spacial score (nSPS) is 15.8. The first-order chi connectivity index (χ1) is 9.31. The summed E-state index contributed by atoms with van der Waals surface area (Å²) in [4.78, 5) is 2.38. The van der Waals surface area contributed by atoms with Crippen molar-refractivity contribution in [2.75, 3.05) is 49.8 Å². The van der Waals surface area contributed by atoms with Gasteiger partial charge in [-0.1, -0.05) is 17.7 Å². The van der Waals surface area contributed by atoms with Crippen molar-refractivity contribution in [3.8, 4) is 0 Å². The topological polar surface area (TPSA) is 24.5 Å². The summed E-state index contributed by atoms with van der Waals surface area (Å²) in [5, 5.41) is 4.19. The Balaban J connectivity index is 1.92. The summed E-state index contributed by atoms with van der Waals surface area (Å²) in [5.74, 6) is 2.38. The number of nitrogens with zero attached hydrogens (tertiary/aromatic N) is 1. The lowest BCUT2D eigenvalue weighted by atomic mass is 10.2. The van der Waals surface area contributed by atoms with E-state index in [0.717, 1.165) is 37.8 Å². The number of benzene rings is 1. The minimum Gasteiger partial charge on any atom is -0.383 e. The van der Waals surface area contributed by atoms with Crippen molar-refractivity contribution in [3.63, 3.8) is 0 Å². The van der Waals surface area contributed by atoms with E-state index in [0.29, 0.717) is 0 Å². The predicted molar refractivity (Wildman–Crippen MR) is 84.6 cm³/mol. The molecule has 1 saturated heterocycles. The van der Waals surface area contributed by atoms with Crippen molar-refractivity contribution in [1.82, 2.24) is 5.32 Å². The number of rotatable bonds is 6. The van der Waals surface area contributed by atoms with Gasteiger partial charge >= 0.3 is 0 Å². The minimum atomic E-state index is 0.733. The van der Waals surface area contributed by atoms with Gasteiger partial charge in [0.25, 0.3) is 0 Å². The third-order valence-electron chi connectivity index (χ3n) is 3.18. The van der Waals surface area contributed by atoms with Gasteiger partial charge in [0.2, 0.25) is 0 Å². The van der Waals surface area contributed by atoms with E-state index in [1.807, 2.05) is 11.8 Å². The zero-order valence-corrected chi connectivity index (χ0v) is 12.9.